The van der Waals surface area contributed by atoms with Gasteiger partial charge in [-0.15, -0.1) is 0 Å². The fourth-order valence-corrected chi connectivity index (χ4v) is 6.09. The zero-order valence-corrected chi connectivity index (χ0v) is 23.5. The monoisotopic (exact) mass is 524 g/mol. The van der Waals surface area contributed by atoms with E-state index >= 15 is 0 Å². The van der Waals surface area contributed by atoms with E-state index in [1.54, 1.807) is 0 Å². The van der Waals surface area contributed by atoms with Gasteiger partial charge >= 0.3 is 0 Å². The van der Waals surface area contributed by atoms with E-state index in [1.165, 1.54) is 66.4 Å². The third-order valence-corrected chi connectivity index (χ3v) is 8.45. The Bertz CT molecular complexity index is 1930. The second kappa shape index (κ2) is 10.2. The van der Waals surface area contributed by atoms with E-state index in [0.29, 0.717) is 0 Å². The number of fused-ring (bicyclic) bond motifs is 4. The maximum Gasteiger partial charge on any atom is 0.0159 e. The van der Waals surface area contributed by atoms with Crippen molar-refractivity contribution in [1.82, 2.24) is 0 Å². The number of benzene rings is 6. The molecule has 0 radical (unpaired) electrons. The third-order valence-electron chi connectivity index (χ3n) is 8.45. The molecule has 0 aliphatic heterocycles. The van der Waals surface area contributed by atoms with Crippen LogP contribution in [0.25, 0.3) is 57.3 Å². The van der Waals surface area contributed by atoms with E-state index in [0.717, 1.165) is 0 Å². The van der Waals surface area contributed by atoms with Gasteiger partial charge in [0.2, 0.25) is 0 Å². The molecule has 0 atom stereocenters. The van der Waals surface area contributed by atoms with Crippen molar-refractivity contribution in [3.8, 4) is 22.3 Å². The molecule has 1 aliphatic rings. The first kappa shape index (κ1) is 25.1. The molecule has 1 aliphatic carbocycles. The molecule has 0 saturated heterocycles. The predicted octanol–water partition coefficient (Wildman–Crippen LogP) is 11.2. The van der Waals surface area contributed by atoms with Crippen molar-refractivity contribution in [2.24, 2.45) is 0 Å². The van der Waals surface area contributed by atoms with Gasteiger partial charge in [-0.1, -0.05) is 159 Å². The Balaban J connectivity index is 1.13. The molecule has 0 amide bonds. The molecule has 7 rings (SSSR count). The van der Waals surface area contributed by atoms with Crippen LogP contribution in [0.3, 0.4) is 0 Å². The average molecular weight is 525 g/mol. The van der Waals surface area contributed by atoms with Crippen LogP contribution in [0.1, 0.15) is 47.2 Å². The molecular formula is C41H32. The molecule has 0 saturated carbocycles. The molecule has 0 bridgehead atoms. The Kier molecular flexibility index (Phi) is 6.25. The minimum absolute atomic E-state index is 0.0557. The molecule has 6 aromatic rings. The topological polar surface area (TPSA) is 0 Å². The summed E-state index contributed by atoms with van der Waals surface area (Å²) in [6, 6.07) is 48.4. The number of rotatable bonds is 5. The van der Waals surface area contributed by atoms with E-state index in [2.05, 4.69) is 172 Å². The van der Waals surface area contributed by atoms with Gasteiger partial charge in [0.1, 0.15) is 0 Å². The van der Waals surface area contributed by atoms with Crippen molar-refractivity contribution in [3.05, 3.63) is 167 Å². The molecule has 0 heteroatoms. The smallest absolute Gasteiger partial charge is 0.0159 e. The summed E-state index contributed by atoms with van der Waals surface area (Å²) in [7, 11) is 0. The third kappa shape index (κ3) is 4.83. The molecule has 0 aromatic heterocycles. The van der Waals surface area contributed by atoms with Crippen molar-refractivity contribution in [1.29, 1.82) is 0 Å². The maximum atomic E-state index is 2.40. The van der Waals surface area contributed by atoms with Crippen LogP contribution in [0.15, 0.2) is 133 Å². The van der Waals surface area contributed by atoms with E-state index < -0.39 is 0 Å². The van der Waals surface area contributed by atoms with Crippen LogP contribution >= 0.6 is 0 Å². The highest BCUT2D eigenvalue weighted by molar-refractivity contribution is 5.87. The molecular weight excluding hydrogens is 492 g/mol. The second-order valence-electron chi connectivity index (χ2n) is 11.5. The van der Waals surface area contributed by atoms with Gasteiger partial charge in [-0.2, -0.15) is 0 Å². The van der Waals surface area contributed by atoms with Crippen molar-refractivity contribution < 1.29 is 0 Å². The molecule has 41 heavy (non-hydrogen) atoms. The Morgan fingerprint density at radius 3 is 1.66 bits per heavy atom. The largest absolute Gasteiger partial charge is 0.0622 e. The summed E-state index contributed by atoms with van der Waals surface area (Å²) in [6.07, 6.45) is 8.80. The summed E-state index contributed by atoms with van der Waals surface area (Å²) in [5, 5.41) is 2.54. The molecule has 6 aromatic carbocycles. The predicted molar refractivity (Wildman–Crippen MR) is 178 cm³/mol. The molecule has 0 heterocycles. The summed E-state index contributed by atoms with van der Waals surface area (Å²) >= 11 is 0. The SMILES string of the molecule is CC1(C)c2cc(/C=C/c3ccccc3)ccc2-c2ccc(-c3ccc(/C=C/c4ccc5ccccc5c4)cc3)cc21. The first-order chi connectivity index (χ1) is 20.0. The Morgan fingerprint density at radius 1 is 0.390 bits per heavy atom. The summed E-state index contributed by atoms with van der Waals surface area (Å²) < 4.78 is 0. The van der Waals surface area contributed by atoms with Crippen molar-refractivity contribution in [2.75, 3.05) is 0 Å². The van der Waals surface area contributed by atoms with Crippen LogP contribution in [-0.2, 0) is 5.41 Å². The minimum atomic E-state index is -0.0557. The highest BCUT2D eigenvalue weighted by atomic mass is 14.4. The van der Waals surface area contributed by atoms with Crippen molar-refractivity contribution in [2.45, 2.75) is 19.3 Å². The quantitative estimate of drug-likeness (QED) is 0.197. The highest BCUT2D eigenvalue weighted by Gasteiger charge is 2.35. The molecule has 0 unspecified atom stereocenters. The Hall–Kier alpha value is -4.94. The lowest BCUT2D eigenvalue weighted by atomic mass is 9.81. The fraction of sp³-hybridized carbons (Fsp3) is 0.0732. The lowest BCUT2D eigenvalue weighted by Crippen LogP contribution is -2.15. The van der Waals surface area contributed by atoms with Gasteiger partial charge in [-0.25, -0.2) is 0 Å². The van der Waals surface area contributed by atoms with E-state index in [4.69, 9.17) is 0 Å². The van der Waals surface area contributed by atoms with Crippen molar-refractivity contribution >= 4 is 35.1 Å². The second-order valence-corrected chi connectivity index (χ2v) is 11.5. The van der Waals surface area contributed by atoms with Gasteiger partial charge in [0, 0.05) is 5.41 Å². The highest BCUT2D eigenvalue weighted by Crippen LogP contribution is 2.50. The summed E-state index contributed by atoms with van der Waals surface area (Å²) in [5.74, 6) is 0. The fourth-order valence-electron chi connectivity index (χ4n) is 6.09. The maximum absolute atomic E-state index is 2.40. The van der Waals surface area contributed by atoms with Crippen LogP contribution < -0.4 is 0 Å². The average Bonchev–Trinajstić information content (AvgIpc) is 3.25. The van der Waals surface area contributed by atoms with Gasteiger partial charge < -0.3 is 0 Å². The molecule has 196 valence electrons. The zero-order valence-electron chi connectivity index (χ0n) is 23.5. The van der Waals surface area contributed by atoms with Gasteiger partial charge in [0.15, 0.2) is 0 Å². The first-order valence-corrected chi connectivity index (χ1v) is 14.3. The molecule has 0 N–H and O–H groups in total. The van der Waals surface area contributed by atoms with Crippen molar-refractivity contribution in [3.63, 3.8) is 0 Å². The molecule has 0 spiro atoms. The molecule has 0 fully saturated rings. The van der Waals surface area contributed by atoms with Gasteiger partial charge in [0.05, 0.1) is 0 Å². The lowest BCUT2D eigenvalue weighted by Gasteiger charge is -2.22. The molecule has 0 nitrogen and oxygen atoms in total. The van der Waals surface area contributed by atoms with E-state index in [1.807, 2.05) is 0 Å². The van der Waals surface area contributed by atoms with Gasteiger partial charge in [-0.3, -0.25) is 0 Å². The lowest BCUT2D eigenvalue weighted by molar-refractivity contribution is 0.660. The summed E-state index contributed by atoms with van der Waals surface area (Å²) in [5.41, 5.74) is 12.8. The Labute approximate surface area is 243 Å². The van der Waals surface area contributed by atoms with E-state index in [-0.39, 0.29) is 5.41 Å². The van der Waals surface area contributed by atoms with Gasteiger partial charge in [-0.05, 0) is 78.5 Å². The standard InChI is InChI=1S/C41H32/c1-41(2)39-27-32(15-12-29-8-4-3-5-9-29)19-24-37(39)38-25-23-36(28-40(38)41)34-20-16-30(17-21-34)13-14-31-18-22-33-10-6-7-11-35(33)26-31/h3-28H,1-2H3/b14-13+,15-12+. The van der Waals surface area contributed by atoms with Gasteiger partial charge in [0.25, 0.3) is 0 Å². The minimum Gasteiger partial charge on any atom is -0.0622 e. The van der Waals surface area contributed by atoms with Crippen LogP contribution in [0, 0.1) is 0 Å². The van der Waals surface area contributed by atoms with Crippen LogP contribution in [0.5, 0.6) is 0 Å². The zero-order chi connectivity index (χ0) is 27.8. The summed E-state index contributed by atoms with van der Waals surface area (Å²) in [4.78, 5) is 0. The Morgan fingerprint density at radius 2 is 0.902 bits per heavy atom. The van der Waals surface area contributed by atoms with E-state index in [9.17, 15) is 0 Å². The van der Waals surface area contributed by atoms with Crippen LogP contribution in [0.4, 0.5) is 0 Å². The van der Waals surface area contributed by atoms with Crippen LogP contribution in [0.2, 0.25) is 0 Å². The number of hydrogen-bond donors (Lipinski definition) is 0. The van der Waals surface area contributed by atoms with Crippen LogP contribution in [-0.4, -0.2) is 0 Å². The normalized spacial score (nSPS) is 13.6. The summed E-state index contributed by atoms with van der Waals surface area (Å²) in [6.45, 7) is 4.71. The first-order valence-electron chi connectivity index (χ1n) is 14.3. The number of hydrogen-bond acceptors (Lipinski definition) is 0.